The minimum atomic E-state index is -3.77. The monoisotopic (exact) mass is 482 g/mol. The van der Waals surface area contributed by atoms with Crippen LogP contribution in [0.3, 0.4) is 0 Å². The van der Waals surface area contributed by atoms with Crippen LogP contribution in [0.5, 0.6) is 0 Å². The van der Waals surface area contributed by atoms with Gasteiger partial charge >= 0.3 is 13.8 Å². The van der Waals surface area contributed by atoms with Crippen LogP contribution in [0.25, 0.3) is 0 Å². The Balaban J connectivity index is 2.23. The van der Waals surface area contributed by atoms with Gasteiger partial charge in [-0.1, -0.05) is 25.6 Å². The second-order valence-corrected chi connectivity index (χ2v) is 10.2. The summed E-state index contributed by atoms with van der Waals surface area (Å²) in [4.78, 5) is 47.1. The molecule has 178 valence electrons. The van der Waals surface area contributed by atoms with Crippen molar-refractivity contribution in [1.82, 2.24) is 10.6 Å². The zero-order valence-corrected chi connectivity index (χ0v) is 20.0. The van der Waals surface area contributed by atoms with Crippen molar-refractivity contribution in [3.8, 4) is 0 Å². The van der Waals surface area contributed by atoms with Gasteiger partial charge in [0, 0.05) is 44.2 Å². The van der Waals surface area contributed by atoms with E-state index in [2.05, 4.69) is 10.6 Å². The molecule has 0 bridgehead atoms. The number of phosphoric ester groups is 1. The summed E-state index contributed by atoms with van der Waals surface area (Å²) in [5.74, 6) is -0.849. The summed E-state index contributed by atoms with van der Waals surface area (Å²) < 4.78 is 31.9. The highest BCUT2D eigenvalue weighted by Gasteiger charge is 2.48. The van der Waals surface area contributed by atoms with Crippen LogP contribution in [0, 0.1) is 5.41 Å². The molecule has 1 aliphatic heterocycles. The third kappa shape index (κ3) is 10.1. The number of esters is 1. The standard InChI is InChI=1S/C18H31N2O9PS/c1-5-27-14(22)6-7-15(23)31-11-10-19-13(21)8-9-20-17(24)16-18(2,3)12-28-30(25,26-4)29-16/h16H,5-12H2,1-4H3,(H,19,21)(H,20,24)/t16-,30?/m0/s1. The molecule has 2 amide bonds. The predicted molar refractivity (Wildman–Crippen MR) is 113 cm³/mol. The van der Waals surface area contributed by atoms with Crippen molar-refractivity contribution in [2.24, 2.45) is 5.41 Å². The van der Waals surface area contributed by atoms with Crippen molar-refractivity contribution in [2.75, 3.05) is 39.2 Å². The van der Waals surface area contributed by atoms with Crippen LogP contribution >= 0.6 is 19.6 Å². The van der Waals surface area contributed by atoms with E-state index >= 15 is 0 Å². The second kappa shape index (κ2) is 13.2. The fourth-order valence-electron chi connectivity index (χ4n) is 2.47. The van der Waals surface area contributed by atoms with E-state index in [0.29, 0.717) is 5.75 Å². The summed E-state index contributed by atoms with van der Waals surface area (Å²) in [5, 5.41) is 5.08. The van der Waals surface area contributed by atoms with Crippen LogP contribution in [0.15, 0.2) is 0 Å². The molecular formula is C18H31N2O9PS. The van der Waals surface area contributed by atoms with E-state index in [9.17, 15) is 23.7 Å². The van der Waals surface area contributed by atoms with Crippen LogP contribution in [0.1, 0.15) is 40.0 Å². The lowest BCUT2D eigenvalue weighted by Crippen LogP contribution is -2.50. The van der Waals surface area contributed by atoms with Gasteiger partial charge in [-0.2, -0.15) is 0 Å². The van der Waals surface area contributed by atoms with Crippen LogP contribution in [0.4, 0.5) is 0 Å². The highest BCUT2D eigenvalue weighted by Crippen LogP contribution is 2.56. The van der Waals surface area contributed by atoms with Gasteiger partial charge in [-0.05, 0) is 6.92 Å². The average molecular weight is 482 g/mol. The van der Waals surface area contributed by atoms with E-state index in [1.807, 2.05) is 0 Å². The van der Waals surface area contributed by atoms with Crippen molar-refractivity contribution >= 4 is 42.5 Å². The molecule has 1 heterocycles. The summed E-state index contributed by atoms with van der Waals surface area (Å²) >= 11 is 1.03. The third-order valence-corrected chi connectivity index (χ3v) is 6.47. The summed E-state index contributed by atoms with van der Waals surface area (Å²) in [6.07, 6.45) is -0.894. The number of ether oxygens (including phenoxy) is 1. The number of rotatable bonds is 12. The van der Waals surface area contributed by atoms with Crippen LogP contribution in [0.2, 0.25) is 0 Å². The number of amides is 2. The van der Waals surface area contributed by atoms with Crippen molar-refractivity contribution < 1.29 is 42.1 Å². The van der Waals surface area contributed by atoms with Gasteiger partial charge in [0.15, 0.2) is 11.2 Å². The quantitative estimate of drug-likeness (QED) is 0.238. The van der Waals surface area contributed by atoms with Gasteiger partial charge in [0.1, 0.15) is 0 Å². The van der Waals surface area contributed by atoms with Crippen LogP contribution in [-0.4, -0.2) is 68.2 Å². The van der Waals surface area contributed by atoms with Gasteiger partial charge in [0.2, 0.25) is 11.8 Å². The zero-order chi connectivity index (χ0) is 23.5. The topological polar surface area (TPSA) is 146 Å². The molecule has 0 aliphatic carbocycles. The average Bonchev–Trinajstić information content (AvgIpc) is 2.72. The van der Waals surface area contributed by atoms with E-state index in [1.165, 1.54) is 7.11 Å². The normalized spacial score (nSPS) is 22.4. The molecule has 31 heavy (non-hydrogen) atoms. The van der Waals surface area contributed by atoms with Gasteiger partial charge in [-0.25, -0.2) is 4.57 Å². The molecule has 1 fully saturated rings. The number of hydrogen-bond donors (Lipinski definition) is 2. The number of thioether (sulfide) groups is 1. The largest absolute Gasteiger partial charge is 0.475 e. The molecule has 1 unspecified atom stereocenters. The molecule has 0 spiro atoms. The Morgan fingerprint density at radius 3 is 2.48 bits per heavy atom. The Kier molecular flexibility index (Phi) is 11.7. The van der Waals surface area contributed by atoms with Crippen LogP contribution in [-0.2, 0) is 42.1 Å². The molecule has 11 nitrogen and oxygen atoms in total. The molecular weight excluding hydrogens is 451 g/mol. The SMILES string of the molecule is CCOC(=O)CCC(=O)SCCNC(=O)CCNC(=O)[C@@H]1OP(=O)(OC)OCC1(C)C. The zero-order valence-electron chi connectivity index (χ0n) is 18.3. The third-order valence-electron chi connectivity index (χ3n) is 4.18. The highest BCUT2D eigenvalue weighted by atomic mass is 32.2. The summed E-state index contributed by atoms with van der Waals surface area (Å²) in [6.45, 7) is 5.79. The minimum absolute atomic E-state index is 0.0207. The first-order valence-electron chi connectivity index (χ1n) is 9.87. The lowest BCUT2D eigenvalue weighted by Gasteiger charge is -2.39. The fraction of sp³-hybridized carbons (Fsp3) is 0.778. The first-order valence-corrected chi connectivity index (χ1v) is 12.3. The molecule has 1 rings (SSSR count). The number of carbonyl (C=O) groups is 4. The predicted octanol–water partition coefficient (Wildman–Crippen LogP) is 1.41. The van der Waals surface area contributed by atoms with Gasteiger partial charge in [-0.3, -0.25) is 32.7 Å². The van der Waals surface area contributed by atoms with Gasteiger partial charge in [0.05, 0.1) is 19.6 Å². The maximum atomic E-state index is 12.4. The lowest BCUT2D eigenvalue weighted by molar-refractivity contribution is -0.144. The Morgan fingerprint density at radius 1 is 1.13 bits per heavy atom. The Hall–Kier alpha value is -1.46. The van der Waals surface area contributed by atoms with E-state index in [0.717, 1.165) is 11.8 Å². The number of carbonyl (C=O) groups excluding carboxylic acids is 4. The van der Waals surface area contributed by atoms with E-state index in [1.54, 1.807) is 20.8 Å². The van der Waals surface area contributed by atoms with Gasteiger partial charge < -0.3 is 15.4 Å². The first kappa shape index (κ1) is 27.6. The Bertz CT molecular complexity index is 702. The number of phosphoric acid groups is 1. The molecule has 2 atom stereocenters. The van der Waals surface area contributed by atoms with Crippen LogP contribution < -0.4 is 10.6 Å². The first-order chi connectivity index (χ1) is 14.5. The molecule has 0 aromatic rings. The molecule has 2 N–H and O–H groups in total. The van der Waals surface area contributed by atoms with E-state index < -0.39 is 31.2 Å². The van der Waals surface area contributed by atoms with Crippen molar-refractivity contribution in [3.63, 3.8) is 0 Å². The molecule has 0 aromatic heterocycles. The fourth-order valence-corrected chi connectivity index (χ4v) is 4.53. The Morgan fingerprint density at radius 2 is 1.84 bits per heavy atom. The maximum absolute atomic E-state index is 12.4. The van der Waals surface area contributed by atoms with E-state index in [4.69, 9.17) is 18.3 Å². The maximum Gasteiger partial charge on any atom is 0.475 e. The molecule has 0 saturated carbocycles. The van der Waals surface area contributed by atoms with Crippen molar-refractivity contribution in [1.29, 1.82) is 0 Å². The molecule has 1 aliphatic rings. The number of nitrogens with one attached hydrogen (secondary N) is 2. The second-order valence-electron chi connectivity index (χ2n) is 7.29. The summed E-state index contributed by atoms with van der Waals surface area (Å²) in [5.41, 5.74) is -0.726. The molecule has 1 saturated heterocycles. The molecule has 13 heteroatoms. The highest BCUT2D eigenvalue weighted by molar-refractivity contribution is 8.13. The number of hydrogen-bond acceptors (Lipinski definition) is 10. The minimum Gasteiger partial charge on any atom is -0.466 e. The van der Waals surface area contributed by atoms with Crippen molar-refractivity contribution in [2.45, 2.75) is 46.1 Å². The van der Waals surface area contributed by atoms with Gasteiger partial charge in [0.25, 0.3) is 0 Å². The van der Waals surface area contributed by atoms with Crippen molar-refractivity contribution in [3.05, 3.63) is 0 Å². The summed E-state index contributed by atoms with van der Waals surface area (Å²) in [7, 11) is -2.60. The summed E-state index contributed by atoms with van der Waals surface area (Å²) in [6, 6.07) is 0. The Labute approximate surface area is 186 Å². The lowest BCUT2D eigenvalue weighted by atomic mass is 9.87. The van der Waals surface area contributed by atoms with E-state index in [-0.39, 0.29) is 56.6 Å². The smallest absolute Gasteiger partial charge is 0.466 e. The molecule has 0 aromatic carbocycles. The molecule has 0 radical (unpaired) electrons. The van der Waals surface area contributed by atoms with Gasteiger partial charge in [-0.15, -0.1) is 0 Å².